The smallest absolute Gasteiger partial charge is 0.227 e. The number of imidazole rings is 1. The first-order valence-corrected chi connectivity index (χ1v) is 12.0. The number of nitriles is 1. The van der Waals surface area contributed by atoms with Crippen molar-refractivity contribution in [2.45, 2.75) is 33.6 Å². The molecular weight excluding hydrogens is 452 g/mol. The van der Waals surface area contributed by atoms with Gasteiger partial charge in [0.1, 0.15) is 17.1 Å². The normalized spacial score (nSPS) is 15.1. The minimum absolute atomic E-state index is 0.284. The van der Waals surface area contributed by atoms with E-state index in [0.29, 0.717) is 11.7 Å². The van der Waals surface area contributed by atoms with Gasteiger partial charge in [-0.1, -0.05) is 0 Å². The molecule has 1 aromatic carbocycles. The van der Waals surface area contributed by atoms with Gasteiger partial charge in [-0.15, -0.1) is 0 Å². The molecule has 0 aliphatic carbocycles. The summed E-state index contributed by atoms with van der Waals surface area (Å²) in [5, 5.41) is 13.8. The maximum atomic E-state index is 9.51. The van der Waals surface area contributed by atoms with Gasteiger partial charge in [0.15, 0.2) is 5.82 Å². The number of hydrogen-bond donors (Lipinski definition) is 1. The van der Waals surface area contributed by atoms with Gasteiger partial charge in [0.25, 0.3) is 0 Å². The Hall–Kier alpha value is -4.19. The second-order valence-electron chi connectivity index (χ2n) is 9.70. The number of aryl methyl sites for hydroxylation is 2. The third-order valence-corrected chi connectivity index (χ3v) is 7.04. The molecule has 0 unspecified atom stereocenters. The molecular formula is C27H30N8O. The predicted molar refractivity (Wildman–Crippen MR) is 140 cm³/mol. The van der Waals surface area contributed by atoms with E-state index in [0.717, 1.165) is 71.1 Å². The molecule has 3 aromatic heterocycles. The van der Waals surface area contributed by atoms with E-state index in [1.807, 2.05) is 69.0 Å². The Morgan fingerprint density at radius 1 is 1.08 bits per heavy atom. The molecule has 1 aliphatic rings. The topological polar surface area (TPSA) is 105 Å². The molecule has 9 nitrogen and oxygen atoms in total. The number of nitrogens with zero attached hydrogens (tertiary/aromatic N) is 7. The van der Waals surface area contributed by atoms with Crippen LogP contribution in [0.4, 0.5) is 17.5 Å². The number of rotatable bonds is 5. The van der Waals surface area contributed by atoms with Crippen LogP contribution in [0.15, 0.2) is 36.7 Å². The van der Waals surface area contributed by atoms with Crippen molar-refractivity contribution in [2.75, 3.05) is 30.4 Å². The first kappa shape index (κ1) is 23.5. The van der Waals surface area contributed by atoms with Crippen LogP contribution in [0.3, 0.4) is 0 Å². The molecule has 0 radical (unpaired) electrons. The number of ether oxygens (including phenoxy) is 1. The van der Waals surface area contributed by atoms with Crippen molar-refractivity contribution >= 4 is 28.4 Å². The lowest BCUT2D eigenvalue weighted by Gasteiger charge is -2.36. The largest absolute Gasteiger partial charge is 0.495 e. The highest BCUT2D eigenvalue weighted by molar-refractivity contribution is 5.89. The Kier molecular flexibility index (Phi) is 5.96. The van der Waals surface area contributed by atoms with Gasteiger partial charge in [0.2, 0.25) is 5.95 Å². The summed E-state index contributed by atoms with van der Waals surface area (Å²) in [7, 11) is 3.64. The summed E-state index contributed by atoms with van der Waals surface area (Å²) >= 11 is 0. The van der Waals surface area contributed by atoms with Crippen LogP contribution < -0.4 is 15.0 Å². The average Bonchev–Trinajstić information content (AvgIpc) is 3.22. The van der Waals surface area contributed by atoms with Gasteiger partial charge in [-0.2, -0.15) is 5.26 Å². The SMILES string of the molecule is COc1cc(-c2ncc(C)n2C)ccc1Nc1ncc2cc(C)nc(N3CCC(C)(C#N)CC3)c2n1. The molecule has 1 N–H and O–H groups in total. The summed E-state index contributed by atoms with van der Waals surface area (Å²) in [6.45, 7) is 7.57. The summed E-state index contributed by atoms with van der Waals surface area (Å²) in [6.07, 6.45) is 5.28. The number of pyridine rings is 1. The van der Waals surface area contributed by atoms with Crippen LogP contribution in [0.1, 0.15) is 31.2 Å². The van der Waals surface area contributed by atoms with Crippen molar-refractivity contribution in [3.8, 4) is 23.2 Å². The summed E-state index contributed by atoms with van der Waals surface area (Å²) in [4.78, 5) is 21.0. The van der Waals surface area contributed by atoms with Gasteiger partial charge in [-0.05, 0) is 57.9 Å². The molecule has 0 atom stereocenters. The zero-order valence-electron chi connectivity index (χ0n) is 21.3. The van der Waals surface area contributed by atoms with Crippen molar-refractivity contribution in [1.29, 1.82) is 5.26 Å². The Morgan fingerprint density at radius 3 is 2.53 bits per heavy atom. The fraction of sp³-hybridized carbons (Fsp3) is 0.370. The van der Waals surface area contributed by atoms with Gasteiger partial charge < -0.3 is 19.5 Å². The molecule has 0 amide bonds. The van der Waals surface area contributed by atoms with E-state index in [-0.39, 0.29) is 5.41 Å². The number of piperidine rings is 1. The number of hydrogen-bond acceptors (Lipinski definition) is 8. The zero-order chi connectivity index (χ0) is 25.4. The van der Waals surface area contributed by atoms with Crippen LogP contribution in [-0.4, -0.2) is 44.7 Å². The molecule has 184 valence electrons. The van der Waals surface area contributed by atoms with E-state index in [1.165, 1.54) is 0 Å². The molecule has 0 bridgehead atoms. The molecule has 9 heteroatoms. The molecule has 4 heterocycles. The molecule has 1 saturated heterocycles. The van der Waals surface area contributed by atoms with Gasteiger partial charge in [0.05, 0.1) is 24.3 Å². The Balaban J connectivity index is 1.47. The van der Waals surface area contributed by atoms with Crippen molar-refractivity contribution in [1.82, 2.24) is 24.5 Å². The third-order valence-electron chi connectivity index (χ3n) is 7.04. The molecule has 0 saturated carbocycles. The van der Waals surface area contributed by atoms with Crippen LogP contribution in [0, 0.1) is 30.6 Å². The van der Waals surface area contributed by atoms with E-state index >= 15 is 0 Å². The number of methoxy groups -OCH3 is 1. The second-order valence-corrected chi connectivity index (χ2v) is 9.70. The lowest BCUT2D eigenvalue weighted by molar-refractivity contribution is 0.336. The van der Waals surface area contributed by atoms with E-state index < -0.39 is 0 Å². The van der Waals surface area contributed by atoms with Crippen LogP contribution in [0.5, 0.6) is 5.75 Å². The first-order valence-electron chi connectivity index (χ1n) is 12.0. The van der Waals surface area contributed by atoms with E-state index in [9.17, 15) is 5.26 Å². The Labute approximate surface area is 210 Å². The fourth-order valence-electron chi connectivity index (χ4n) is 4.57. The minimum atomic E-state index is -0.284. The van der Waals surface area contributed by atoms with Crippen molar-refractivity contribution in [3.05, 3.63) is 48.0 Å². The average molecular weight is 483 g/mol. The van der Waals surface area contributed by atoms with Crippen LogP contribution in [-0.2, 0) is 7.05 Å². The lowest BCUT2D eigenvalue weighted by atomic mass is 9.82. The highest BCUT2D eigenvalue weighted by atomic mass is 16.5. The molecule has 0 spiro atoms. The predicted octanol–water partition coefficient (Wildman–Crippen LogP) is 4.92. The lowest BCUT2D eigenvalue weighted by Crippen LogP contribution is -2.38. The zero-order valence-corrected chi connectivity index (χ0v) is 21.3. The maximum absolute atomic E-state index is 9.51. The summed E-state index contributed by atoms with van der Waals surface area (Å²) in [6, 6.07) is 10.4. The quantitative estimate of drug-likeness (QED) is 0.427. The Bertz CT molecular complexity index is 1480. The standard InChI is InChI=1S/C27H30N8O/c1-17-12-20-15-30-26(33-23(20)25(31-17)35-10-8-27(3,16-28)9-11-35)32-21-7-6-19(13-22(21)36-5)24-29-14-18(2)34(24)4/h6-7,12-15H,8-11H2,1-5H3,(H,30,32,33). The van der Waals surface area contributed by atoms with Gasteiger partial charge >= 0.3 is 0 Å². The van der Waals surface area contributed by atoms with E-state index in [4.69, 9.17) is 14.7 Å². The fourth-order valence-corrected chi connectivity index (χ4v) is 4.57. The number of nitrogens with one attached hydrogen (secondary N) is 1. The number of benzene rings is 1. The van der Waals surface area contributed by atoms with E-state index in [2.05, 4.69) is 26.3 Å². The molecule has 1 fully saturated rings. The monoisotopic (exact) mass is 482 g/mol. The highest BCUT2D eigenvalue weighted by Gasteiger charge is 2.31. The highest BCUT2D eigenvalue weighted by Crippen LogP contribution is 2.35. The molecule has 1 aliphatic heterocycles. The summed E-state index contributed by atoms with van der Waals surface area (Å²) in [5.74, 6) is 2.85. The summed E-state index contributed by atoms with van der Waals surface area (Å²) in [5.41, 5.74) is 4.23. The van der Waals surface area contributed by atoms with Crippen molar-refractivity contribution < 1.29 is 4.74 Å². The second kappa shape index (κ2) is 9.11. The molecule has 4 aromatic rings. The van der Waals surface area contributed by atoms with Crippen molar-refractivity contribution in [2.24, 2.45) is 12.5 Å². The first-order chi connectivity index (χ1) is 17.3. The van der Waals surface area contributed by atoms with Crippen LogP contribution >= 0.6 is 0 Å². The number of fused-ring (bicyclic) bond motifs is 1. The number of aromatic nitrogens is 5. The van der Waals surface area contributed by atoms with Gasteiger partial charge in [0, 0.05) is 54.9 Å². The van der Waals surface area contributed by atoms with Crippen LogP contribution in [0.2, 0.25) is 0 Å². The van der Waals surface area contributed by atoms with E-state index in [1.54, 1.807) is 7.11 Å². The van der Waals surface area contributed by atoms with Crippen molar-refractivity contribution in [3.63, 3.8) is 0 Å². The number of anilines is 3. The molecule has 5 rings (SSSR count). The third kappa shape index (κ3) is 4.31. The Morgan fingerprint density at radius 2 is 1.86 bits per heavy atom. The minimum Gasteiger partial charge on any atom is -0.495 e. The molecule has 36 heavy (non-hydrogen) atoms. The maximum Gasteiger partial charge on any atom is 0.227 e. The van der Waals surface area contributed by atoms with Gasteiger partial charge in [-0.3, -0.25) is 0 Å². The summed E-state index contributed by atoms with van der Waals surface area (Å²) < 4.78 is 7.72. The van der Waals surface area contributed by atoms with Crippen LogP contribution in [0.25, 0.3) is 22.3 Å². The van der Waals surface area contributed by atoms with Gasteiger partial charge in [-0.25, -0.2) is 19.9 Å².